The van der Waals surface area contributed by atoms with E-state index < -0.39 is 17.9 Å². The number of phenols is 1. The second-order valence-electron chi connectivity index (χ2n) is 15.9. The van der Waals surface area contributed by atoms with Crippen LogP contribution in [-0.4, -0.2) is 134 Å². The summed E-state index contributed by atoms with van der Waals surface area (Å²) in [6.07, 6.45) is 7.52. The van der Waals surface area contributed by atoms with Crippen molar-refractivity contribution in [2.24, 2.45) is 23.3 Å². The van der Waals surface area contributed by atoms with Gasteiger partial charge in [0.1, 0.15) is 17.6 Å². The number of imide groups is 1. The summed E-state index contributed by atoms with van der Waals surface area (Å²) in [6.45, 7) is 11.2. The number of nitrogens with zero attached hydrogens (tertiary/aromatic N) is 5. The molecule has 3 unspecified atom stereocenters. The Morgan fingerprint density at radius 1 is 0.929 bits per heavy atom. The normalized spacial score (nSPS) is 23.7. The SMILES string of the molecule is CN/C(N)=C(/C=C(\N)c1ccccc1O)N1CCN(CC2CCN(CC3CCN(c4ccc(C(=O)N(C)C5CCC(=O)NC5=O)c(C=O)c4)C(C)C3)CC2)CC1. The van der Waals surface area contributed by atoms with Crippen molar-refractivity contribution < 1.29 is 24.3 Å². The second-order valence-corrected chi connectivity index (χ2v) is 15.9. The summed E-state index contributed by atoms with van der Waals surface area (Å²) < 4.78 is 0. The van der Waals surface area contributed by atoms with Crippen LogP contribution < -0.4 is 27.0 Å². The van der Waals surface area contributed by atoms with Gasteiger partial charge in [0.15, 0.2) is 6.29 Å². The molecular formula is C42H59N9O5. The molecule has 0 spiro atoms. The monoisotopic (exact) mass is 769 g/mol. The van der Waals surface area contributed by atoms with Crippen molar-refractivity contribution in [1.29, 1.82) is 0 Å². The number of benzene rings is 2. The number of aldehydes is 1. The molecule has 56 heavy (non-hydrogen) atoms. The first kappa shape index (κ1) is 40.6. The number of hydrogen-bond acceptors (Lipinski definition) is 12. The van der Waals surface area contributed by atoms with Crippen molar-refractivity contribution >= 4 is 35.4 Å². The maximum absolute atomic E-state index is 13.4. The van der Waals surface area contributed by atoms with Crippen LogP contribution in [0, 0.1) is 11.8 Å². The minimum absolute atomic E-state index is 0.143. The fourth-order valence-electron chi connectivity index (χ4n) is 8.89. The van der Waals surface area contributed by atoms with Gasteiger partial charge in [-0.3, -0.25) is 29.4 Å². The Bertz CT molecular complexity index is 1810. The van der Waals surface area contributed by atoms with Crippen LogP contribution in [0.15, 0.2) is 60.1 Å². The Balaban J connectivity index is 0.946. The molecular weight excluding hydrogens is 711 g/mol. The number of likely N-dealkylation sites (tertiary alicyclic amines) is 1. The number of likely N-dealkylation sites (N-methyl/N-ethyl adjacent to an activating group) is 1. The highest BCUT2D eigenvalue weighted by Gasteiger charge is 2.34. The summed E-state index contributed by atoms with van der Waals surface area (Å²) in [7, 11) is 3.34. The number of nitrogens with two attached hydrogens (primary N) is 2. The van der Waals surface area contributed by atoms with Crippen molar-refractivity contribution in [3.8, 4) is 5.75 Å². The number of anilines is 1. The maximum Gasteiger partial charge on any atom is 0.255 e. The van der Waals surface area contributed by atoms with Crippen LogP contribution >= 0.6 is 0 Å². The molecule has 4 heterocycles. The van der Waals surface area contributed by atoms with Crippen molar-refractivity contribution in [3.63, 3.8) is 0 Å². The lowest BCUT2D eigenvalue weighted by Gasteiger charge is -2.43. The lowest BCUT2D eigenvalue weighted by atomic mass is 9.89. The molecule has 4 fully saturated rings. The molecule has 3 atom stereocenters. The zero-order chi connectivity index (χ0) is 39.9. The molecule has 14 nitrogen and oxygen atoms in total. The van der Waals surface area contributed by atoms with Crippen molar-refractivity contribution in [1.82, 2.24) is 30.2 Å². The molecule has 6 rings (SSSR count). The number of phenolic OH excluding ortho intramolecular Hbond substituents is 1. The van der Waals surface area contributed by atoms with E-state index in [0.29, 0.717) is 40.8 Å². The van der Waals surface area contributed by atoms with E-state index in [4.69, 9.17) is 11.5 Å². The summed E-state index contributed by atoms with van der Waals surface area (Å²) in [5.74, 6) is 0.731. The average Bonchev–Trinajstić information content (AvgIpc) is 3.20. The third kappa shape index (κ3) is 9.47. The molecule has 14 heteroatoms. The number of nitrogens with one attached hydrogen (secondary N) is 2. The van der Waals surface area contributed by atoms with Gasteiger partial charge >= 0.3 is 0 Å². The third-order valence-electron chi connectivity index (χ3n) is 12.2. The molecule has 0 aromatic heterocycles. The van der Waals surface area contributed by atoms with Crippen LogP contribution in [0.2, 0.25) is 0 Å². The standard InChI is InChI=1S/C42H59N9O5/c1-28-22-30(14-17-51(28)32-8-9-33(31(23-32)27-52)42(56)47(3)36-10-11-39(54)46-41(36)55)26-48-15-12-29(13-16-48)25-49-18-20-50(21-19-49)37(40(44)45-2)24-35(43)34-6-4-5-7-38(34)53/h4-9,23-24,27-30,36,45,53H,10-22,25-26,43-44H2,1-3H3,(H,46,54,55)/b35-24-,40-37-. The quantitative estimate of drug-likeness (QED) is 0.121. The molecule has 2 aromatic rings. The summed E-state index contributed by atoms with van der Waals surface area (Å²) in [5, 5.41) is 15.7. The van der Waals surface area contributed by atoms with Crippen LogP contribution in [0.4, 0.5) is 5.69 Å². The number of allylic oxidation sites excluding steroid dienone is 1. The number of rotatable bonds is 12. The van der Waals surface area contributed by atoms with Crippen LogP contribution in [0.1, 0.15) is 71.7 Å². The van der Waals surface area contributed by atoms with Crippen molar-refractivity contribution in [3.05, 3.63) is 76.7 Å². The lowest BCUT2D eigenvalue weighted by molar-refractivity contribution is -0.136. The Kier molecular flexibility index (Phi) is 13.2. The minimum atomic E-state index is -0.751. The first-order valence-electron chi connectivity index (χ1n) is 20.0. The molecule has 4 aliphatic rings. The Morgan fingerprint density at radius 3 is 2.27 bits per heavy atom. The van der Waals surface area contributed by atoms with Crippen molar-refractivity contribution in [2.45, 2.75) is 57.5 Å². The van der Waals surface area contributed by atoms with E-state index in [0.717, 1.165) is 83.1 Å². The third-order valence-corrected chi connectivity index (χ3v) is 12.2. The molecule has 4 aliphatic heterocycles. The van der Waals surface area contributed by atoms with E-state index in [-0.39, 0.29) is 36.1 Å². The molecule has 2 aromatic carbocycles. The molecule has 3 amide bonds. The number of carbonyl (C=O) groups is 4. The van der Waals surface area contributed by atoms with Gasteiger partial charge in [0, 0.05) is 94.9 Å². The predicted octanol–water partition coefficient (Wildman–Crippen LogP) is 2.36. The van der Waals surface area contributed by atoms with Crippen LogP contribution in [0.3, 0.4) is 0 Å². The first-order chi connectivity index (χ1) is 26.9. The van der Waals surface area contributed by atoms with Crippen LogP contribution in [-0.2, 0) is 9.59 Å². The number of aromatic hydroxyl groups is 1. The largest absolute Gasteiger partial charge is 0.507 e. The van der Waals surface area contributed by atoms with Gasteiger partial charge in [0.25, 0.3) is 5.91 Å². The van der Waals surface area contributed by atoms with Crippen LogP contribution in [0.5, 0.6) is 5.75 Å². The van der Waals surface area contributed by atoms with Gasteiger partial charge < -0.3 is 41.5 Å². The predicted molar refractivity (Wildman–Crippen MR) is 217 cm³/mol. The first-order valence-corrected chi connectivity index (χ1v) is 20.0. The average molecular weight is 770 g/mol. The van der Waals surface area contributed by atoms with Gasteiger partial charge in [-0.15, -0.1) is 0 Å². The summed E-state index contributed by atoms with van der Waals surface area (Å²) in [5.41, 5.74) is 16.2. The fraction of sp³-hybridized carbons (Fsp3) is 0.524. The smallest absolute Gasteiger partial charge is 0.255 e. The summed E-state index contributed by atoms with van der Waals surface area (Å²) >= 11 is 0. The molecule has 0 radical (unpaired) electrons. The molecule has 4 saturated heterocycles. The minimum Gasteiger partial charge on any atom is -0.507 e. The van der Waals surface area contributed by atoms with Gasteiger partial charge in [-0.25, -0.2) is 0 Å². The Morgan fingerprint density at radius 2 is 1.61 bits per heavy atom. The van der Waals surface area contributed by atoms with Gasteiger partial charge in [-0.2, -0.15) is 0 Å². The zero-order valence-corrected chi connectivity index (χ0v) is 33.1. The van der Waals surface area contributed by atoms with Crippen LogP contribution in [0.25, 0.3) is 5.70 Å². The Labute approximate surface area is 330 Å². The van der Waals surface area contributed by atoms with E-state index in [1.807, 2.05) is 18.2 Å². The van der Waals surface area contributed by atoms with E-state index in [9.17, 15) is 24.3 Å². The van der Waals surface area contributed by atoms with Gasteiger partial charge in [-0.1, -0.05) is 12.1 Å². The van der Waals surface area contributed by atoms with E-state index in [1.165, 1.54) is 24.8 Å². The maximum atomic E-state index is 13.4. The number of hydrogen-bond donors (Lipinski definition) is 5. The van der Waals surface area contributed by atoms with E-state index >= 15 is 0 Å². The number of amides is 3. The summed E-state index contributed by atoms with van der Waals surface area (Å²) in [4.78, 5) is 60.6. The highest BCUT2D eigenvalue weighted by atomic mass is 16.3. The van der Waals surface area contributed by atoms with Gasteiger partial charge in [0.05, 0.1) is 11.3 Å². The molecule has 0 aliphatic carbocycles. The van der Waals surface area contributed by atoms with Crippen molar-refractivity contribution in [2.75, 3.05) is 77.9 Å². The number of para-hydroxylation sites is 1. The topological polar surface area (TPSA) is 181 Å². The molecule has 7 N–H and O–H groups in total. The molecule has 302 valence electrons. The molecule has 0 saturated carbocycles. The number of carbonyl (C=O) groups excluding carboxylic acids is 4. The summed E-state index contributed by atoms with van der Waals surface area (Å²) in [6, 6.07) is 12.0. The lowest BCUT2D eigenvalue weighted by Crippen LogP contribution is -2.53. The fourth-order valence-corrected chi connectivity index (χ4v) is 8.89. The van der Waals surface area contributed by atoms with Gasteiger partial charge in [0.2, 0.25) is 11.8 Å². The number of piperazine rings is 1. The number of piperidine rings is 3. The Hall–Kier alpha value is -5.08. The zero-order valence-electron chi connectivity index (χ0n) is 33.1. The van der Waals surface area contributed by atoms with Gasteiger partial charge in [-0.05, 0) is 100 Å². The highest BCUT2D eigenvalue weighted by molar-refractivity contribution is 6.06. The highest BCUT2D eigenvalue weighted by Crippen LogP contribution is 2.32. The molecule has 0 bridgehead atoms. The van der Waals surface area contributed by atoms with E-state index in [2.05, 4.69) is 37.2 Å². The van der Waals surface area contributed by atoms with E-state index in [1.54, 1.807) is 37.4 Å². The second kappa shape index (κ2) is 18.2.